The van der Waals surface area contributed by atoms with Crippen LogP contribution in [0.25, 0.3) is 0 Å². The molecule has 3 aliphatic carbocycles. The summed E-state index contributed by atoms with van der Waals surface area (Å²) >= 11 is 0. The Labute approximate surface area is 104 Å². The van der Waals surface area contributed by atoms with Crippen molar-refractivity contribution in [3.8, 4) is 6.07 Å². The molecule has 0 saturated heterocycles. The first-order valence-electron chi connectivity index (χ1n) is 7.28. The summed E-state index contributed by atoms with van der Waals surface area (Å²) in [6.07, 6.45) is 12.5. The third-order valence-electron chi connectivity index (χ3n) is 6.11. The van der Waals surface area contributed by atoms with Crippen LogP contribution in [0.2, 0.25) is 0 Å². The minimum absolute atomic E-state index is 0.382. The van der Waals surface area contributed by atoms with Gasteiger partial charge in [0, 0.05) is 0 Å². The van der Waals surface area contributed by atoms with Gasteiger partial charge in [-0.25, -0.2) is 0 Å². The van der Waals surface area contributed by atoms with Crippen LogP contribution >= 0.6 is 0 Å². The first kappa shape index (κ1) is 11.5. The molecule has 0 aromatic heterocycles. The zero-order valence-corrected chi connectivity index (χ0v) is 10.7. The van der Waals surface area contributed by atoms with Gasteiger partial charge in [0.05, 0.1) is 17.1 Å². The highest BCUT2D eigenvalue weighted by Gasteiger charge is 2.57. The van der Waals surface area contributed by atoms with E-state index in [1.807, 2.05) is 0 Å². The molecule has 2 heteroatoms. The molecule has 0 aromatic rings. The first-order valence-corrected chi connectivity index (χ1v) is 7.28. The summed E-state index contributed by atoms with van der Waals surface area (Å²) in [7, 11) is 0. The SMILES string of the molecule is N#CC1(C2(O)CCC3(CCCC3)CC2)CCC1. The van der Waals surface area contributed by atoms with E-state index in [0.29, 0.717) is 5.41 Å². The Morgan fingerprint density at radius 3 is 1.76 bits per heavy atom. The smallest absolute Gasteiger partial charge is 0.0860 e. The second-order valence-electron chi connectivity index (χ2n) is 6.79. The van der Waals surface area contributed by atoms with Crippen molar-refractivity contribution in [1.82, 2.24) is 0 Å². The maximum Gasteiger partial charge on any atom is 0.0860 e. The highest BCUT2D eigenvalue weighted by atomic mass is 16.3. The van der Waals surface area contributed by atoms with E-state index in [1.54, 1.807) is 0 Å². The van der Waals surface area contributed by atoms with Gasteiger partial charge in [-0.1, -0.05) is 19.3 Å². The number of nitriles is 1. The molecule has 17 heavy (non-hydrogen) atoms. The molecule has 3 fully saturated rings. The molecule has 2 nitrogen and oxygen atoms in total. The van der Waals surface area contributed by atoms with Gasteiger partial charge in [-0.3, -0.25) is 0 Å². The van der Waals surface area contributed by atoms with Gasteiger partial charge in [-0.15, -0.1) is 0 Å². The fourth-order valence-electron chi connectivity index (χ4n) is 4.51. The van der Waals surface area contributed by atoms with Crippen LogP contribution in [0.4, 0.5) is 0 Å². The summed E-state index contributed by atoms with van der Waals surface area (Å²) in [6.45, 7) is 0. The van der Waals surface area contributed by atoms with Crippen molar-refractivity contribution in [2.75, 3.05) is 0 Å². The Balaban J connectivity index is 1.73. The quantitative estimate of drug-likeness (QED) is 0.752. The molecule has 0 aromatic carbocycles. The third kappa shape index (κ3) is 1.55. The number of nitrogens with zero attached hydrogens (tertiary/aromatic N) is 1. The monoisotopic (exact) mass is 233 g/mol. The Kier molecular flexibility index (Phi) is 2.52. The zero-order chi connectivity index (χ0) is 12.0. The summed E-state index contributed by atoms with van der Waals surface area (Å²) in [5.41, 5.74) is -0.492. The molecule has 0 amide bonds. The van der Waals surface area contributed by atoms with E-state index >= 15 is 0 Å². The first-order chi connectivity index (χ1) is 8.14. The van der Waals surface area contributed by atoms with Crippen LogP contribution in [0.1, 0.15) is 70.6 Å². The fourth-order valence-corrected chi connectivity index (χ4v) is 4.51. The largest absolute Gasteiger partial charge is 0.388 e. The zero-order valence-electron chi connectivity index (χ0n) is 10.7. The summed E-state index contributed by atoms with van der Waals surface area (Å²) in [6, 6.07) is 2.45. The van der Waals surface area contributed by atoms with E-state index in [9.17, 15) is 10.4 Å². The number of rotatable bonds is 1. The van der Waals surface area contributed by atoms with Gasteiger partial charge >= 0.3 is 0 Å². The fraction of sp³-hybridized carbons (Fsp3) is 0.933. The lowest BCUT2D eigenvalue weighted by molar-refractivity contribution is -0.134. The van der Waals surface area contributed by atoms with Crippen LogP contribution < -0.4 is 0 Å². The molecule has 94 valence electrons. The number of hydrogen-bond donors (Lipinski definition) is 1. The van der Waals surface area contributed by atoms with E-state index in [2.05, 4.69) is 6.07 Å². The molecule has 3 saturated carbocycles. The van der Waals surface area contributed by atoms with Gasteiger partial charge in [-0.05, 0) is 56.8 Å². The van der Waals surface area contributed by atoms with Crippen LogP contribution in [-0.2, 0) is 0 Å². The highest BCUT2D eigenvalue weighted by Crippen LogP contribution is 2.59. The minimum Gasteiger partial charge on any atom is -0.388 e. The van der Waals surface area contributed by atoms with Crippen molar-refractivity contribution in [1.29, 1.82) is 5.26 Å². The van der Waals surface area contributed by atoms with Crippen LogP contribution in [0.3, 0.4) is 0 Å². The van der Waals surface area contributed by atoms with E-state index < -0.39 is 5.60 Å². The van der Waals surface area contributed by atoms with Crippen LogP contribution in [0, 0.1) is 22.2 Å². The average molecular weight is 233 g/mol. The maximum absolute atomic E-state index is 10.9. The average Bonchev–Trinajstić information content (AvgIpc) is 2.72. The predicted octanol–water partition coefficient (Wildman–Crippen LogP) is 3.55. The molecule has 0 heterocycles. The van der Waals surface area contributed by atoms with Gasteiger partial charge in [0.2, 0.25) is 0 Å². The second-order valence-corrected chi connectivity index (χ2v) is 6.79. The molecular weight excluding hydrogens is 210 g/mol. The van der Waals surface area contributed by atoms with Crippen molar-refractivity contribution in [3.63, 3.8) is 0 Å². The van der Waals surface area contributed by atoms with E-state index in [0.717, 1.165) is 44.9 Å². The Bertz CT molecular complexity index is 334. The van der Waals surface area contributed by atoms with Crippen LogP contribution in [0.15, 0.2) is 0 Å². The van der Waals surface area contributed by atoms with Crippen LogP contribution in [0.5, 0.6) is 0 Å². The van der Waals surface area contributed by atoms with Gasteiger partial charge in [-0.2, -0.15) is 5.26 Å². The summed E-state index contributed by atoms with van der Waals surface area (Å²) in [5, 5.41) is 20.3. The standard InChI is InChI=1S/C15H23NO/c16-12-14(6-3-7-14)15(17)10-8-13(9-11-15)4-1-2-5-13/h17H,1-11H2. The lowest BCUT2D eigenvalue weighted by Crippen LogP contribution is -2.54. The highest BCUT2D eigenvalue weighted by molar-refractivity contribution is 5.17. The minimum atomic E-state index is -0.659. The van der Waals surface area contributed by atoms with E-state index in [4.69, 9.17) is 0 Å². The van der Waals surface area contributed by atoms with E-state index in [1.165, 1.54) is 25.7 Å². The topological polar surface area (TPSA) is 44.0 Å². The van der Waals surface area contributed by atoms with Crippen molar-refractivity contribution >= 4 is 0 Å². The number of hydrogen-bond acceptors (Lipinski definition) is 2. The Morgan fingerprint density at radius 1 is 0.765 bits per heavy atom. The van der Waals surface area contributed by atoms with Crippen molar-refractivity contribution in [2.24, 2.45) is 10.8 Å². The van der Waals surface area contributed by atoms with Crippen molar-refractivity contribution in [2.45, 2.75) is 76.2 Å². The second kappa shape index (κ2) is 3.72. The summed E-state index contributed by atoms with van der Waals surface area (Å²) in [4.78, 5) is 0. The third-order valence-corrected chi connectivity index (χ3v) is 6.11. The summed E-state index contributed by atoms with van der Waals surface area (Å²) in [5.74, 6) is 0. The molecule has 0 aliphatic heterocycles. The van der Waals surface area contributed by atoms with Crippen molar-refractivity contribution in [3.05, 3.63) is 0 Å². The maximum atomic E-state index is 10.9. The molecule has 1 N–H and O–H groups in total. The lowest BCUT2D eigenvalue weighted by atomic mass is 9.53. The molecule has 0 radical (unpaired) electrons. The molecule has 0 unspecified atom stereocenters. The molecule has 0 bridgehead atoms. The van der Waals surface area contributed by atoms with E-state index in [-0.39, 0.29) is 5.41 Å². The predicted molar refractivity (Wildman–Crippen MR) is 66.2 cm³/mol. The number of aliphatic hydroxyl groups is 1. The van der Waals surface area contributed by atoms with Crippen LogP contribution in [-0.4, -0.2) is 10.7 Å². The molecule has 1 spiro atoms. The lowest BCUT2D eigenvalue weighted by Gasteiger charge is -2.53. The summed E-state index contributed by atoms with van der Waals surface area (Å²) < 4.78 is 0. The normalized spacial score (nSPS) is 32.9. The Morgan fingerprint density at radius 2 is 1.35 bits per heavy atom. The van der Waals surface area contributed by atoms with Gasteiger partial charge in [0.25, 0.3) is 0 Å². The van der Waals surface area contributed by atoms with Gasteiger partial charge in [0.15, 0.2) is 0 Å². The van der Waals surface area contributed by atoms with Gasteiger partial charge < -0.3 is 5.11 Å². The van der Waals surface area contributed by atoms with Gasteiger partial charge in [0.1, 0.15) is 0 Å². The molecule has 3 aliphatic rings. The van der Waals surface area contributed by atoms with Crippen molar-refractivity contribution < 1.29 is 5.11 Å². The molecular formula is C15H23NO. The molecule has 3 rings (SSSR count). The Hall–Kier alpha value is -0.550. The molecule has 0 atom stereocenters.